The summed E-state index contributed by atoms with van der Waals surface area (Å²) >= 11 is 0. The van der Waals surface area contributed by atoms with Gasteiger partial charge in [-0.2, -0.15) is 5.43 Å². The monoisotopic (exact) mass is 443 g/mol. The molecule has 1 aliphatic rings. The summed E-state index contributed by atoms with van der Waals surface area (Å²) in [6.07, 6.45) is 0.984. The second-order valence-corrected chi connectivity index (χ2v) is 8.01. The van der Waals surface area contributed by atoms with Gasteiger partial charge in [-0.25, -0.2) is 0 Å². The number of fused-ring (bicyclic) bond motifs is 1. The van der Waals surface area contributed by atoms with Gasteiger partial charge in [0.25, 0.3) is 11.8 Å². The Kier molecular flexibility index (Phi) is 7.32. The third-order valence-corrected chi connectivity index (χ3v) is 5.66. The Morgan fingerprint density at radius 2 is 1.94 bits per heavy atom. The fourth-order valence-corrected chi connectivity index (χ4v) is 3.65. The molecule has 1 aliphatic heterocycles. The maximum Gasteiger partial charge on any atom is 0.302 e. The molecule has 0 spiro atoms. The number of hydrogen-bond acceptors (Lipinski definition) is 6. The van der Waals surface area contributed by atoms with E-state index < -0.39 is 34.9 Å². The van der Waals surface area contributed by atoms with Crippen molar-refractivity contribution in [1.82, 2.24) is 20.5 Å². The van der Waals surface area contributed by atoms with Crippen molar-refractivity contribution in [3.8, 4) is 0 Å². The van der Waals surface area contributed by atoms with Crippen molar-refractivity contribution in [2.24, 2.45) is 10.7 Å². The van der Waals surface area contributed by atoms with E-state index in [2.05, 4.69) is 22.3 Å². The fraction of sp³-hybridized carbons (Fsp3) is 0.409. The first-order chi connectivity index (χ1) is 14.9. The molecular weight excluding hydrogens is 412 g/mol. The third-order valence-electron chi connectivity index (χ3n) is 5.66. The topological polar surface area (TPSA) is 134 Å². The Balaban J connectivity index is 2.67. The molecule has 1 unspecified atom stereocenters. The van der Waals surface area contributed by atoms with Crippen LogP contribution in [0.15, 0.2) is 35.8 Å². The maximum atomic E-state index is 13.1. The number of hydrogen-bond donors (Lipinski definition) is 3. The number of amides is 4. The standard InChI is InChI=1S/C22H30N6O4/c1-7-20(31)27(21(32)13-24-19(30)12-23)28(8-2,26-15(4)29)16-9-10-18-17(11-16)22(5,6)14(3)25-18/h7,9-11H,1,8,12-13,23H2,2-6H3,(H-,24,26,29,30)/p+1. The molecule has 2 rings (SSSR count). The van der Waals surface area contributed by atoms with Gasteiger partial charge in [0.15, 0.2) is 5.69 Å². The minimum Gasteiger partial charge on any atom is -0.346 e. The summed E-state index contributed by atoms with van der Waals surface area (Å²) in [5.41, 5.74) is 10.8. The first-order valence-corrected chi connectivity index (χ1v) is 10.3. The van der Waals surface area contributed by atoms with Crippen LogP contribution in [0.1, 0.15) is 40.2 Å². The lowest BCUT2D eigenvalue weighted by Gasteiger charge is -2.41. The Labute approximate surface area is 187 Å². The molecule has 0 aliphatic carbocycles. The molecule has 0 saturated heterocycles. The fourth-order valence-electron chi connectivity index (χ4n) is 3.65. The van der Waals surface area contributed by atoms with E-state index in [1.807, 2.05) is 26.8 Å². The Hall–Kier alpha value is -3.37. The van der Waals surface area contributed by atoms with Crippen LogP contribution in [0.4, 0.5) is 11.4 Å². The van der Waals surface area contributed by atoms with Crippen molar-refractivity contribution in [3.63, 3.8) is 0 Å². The molecule has 32 heavy (non-hydrogen) atoms. The van der Waals surface area contributed by atoms with E-state index in [0.717, 1.165) is 28.0 Å². The number of imide groups is 1. The molecular formula is C22H31N6O4+. The van der Waals surface area contributed by atoms with Crippen molar-refractivity contribution in [1.29, 1.82) is 0 Å². The number of carbonyl (C=O) groups excluding carboxylic acids is 4. The van der Waals surface area contributed by atoms with Crippen LogP contribution in [-0.4, -0.2) is 54.0 Å². The van der Waals surface area contributed by atoms with Gasteiger partial charge in [0.05, 0.1) is 12.2 Å². The highest BCUT2D eigenvalue weighted by Crippen LogP contribution is 2.42. The smallest absolute Gasteiger partial charge is 0.302 e. The number of nitrogens with zero attached hydrogens (tertiary/aromatic N) is 3. The highest BCUT2D eigenvalue weighted by molar-refractivity contribution is 6.03. The van der Waals surface area contributed by atoms with E-state index in [1.54, 1.807) is 19.1 Å². The van der Waals surface area contributed by atoms with E-state index in [1.165, 1.54) is 6.92 Å². The molecule has 1 heterocycles. The lowest BCUT2D eigenvalue weighted by molar-refractivity contribution is -0.166. The summed E-state index contributed by atoms with van der Waals surface area (Å²) in [5.74, 6) is -2.48. The zero-order valence-corrected chi connectivity index (χ0v) is 19.2. The molecule has 4 N–H and O–H groups in total. The second-order valence-electron chi connectivity index (χ2n) is 8.01. The van der Waals surface area contributed by atoms with E-state index in [9.17, 15) is 19.2 Å². The van der Waals surface area contributed by atoms with Crippen molar-refractivity contribution in [2.75, 3.05) is 19.6 Å². The molecule has 10 nitrogen and oxygen atoms in total. The van der Waals surface area contributed by atoms with Crippen LogP contribution in [0.2, 0.25) is 0 Å². The summed E-state index contributed by atoms with van der Waals surface area (Å²) < 4.78 is -0.611. The molecule has 0 saturated carbocycles. The molecule has 1 aromatic rings. The molecule has 1 aromatic carbocycles. The summed E-state index contributed by atoms with van der Waals surface area (Å²) in [5, 5.41) is 3.25. The van der Waals surface area contributed by atoms with Gasteiger partial charge in [-0.05, 0) is 25.5 Å². The normalized spacial score (nSPS) is 15.6. The van der Waals surface area contributed by atoms with Crippen LogP contribution < -0.4 is 21.2 Å². The largest absolute Gasteiger partial charge is 0.346 e. The van der Waals surface area contributed by atoms with Crippen LogP contribution in [0, 0.1) is 0 Å². The van der Waals surface area contributed by atoms with E-state index in [0.29, 0.717) is 5.69 Å². The zero-order chi connectivity index (χ0) is 24.3. The number of aliphatic imine (C=N–C) groups is 1. The van der Waals surface area contributed by atoms with Crippen LogP contribution in [-0.2, 0) is 24.6 Å². The average molecular weight is 444 g/mol. The lowest BCUT2D eigenvalue weighted by Crippen LogP contribution is -2.74. The second kappa shape index (κ2) is 9.41. The van der Waals surface area contributed by atoms with E-state index >= 15 is 0 Å². The van der Waals surface area contributed by atoms with Gasteiger partial charge in [-0.15, -0.1) is 0 Å². The number of benzene rings is 1. The summed E-state index contributed by atoms with van der Waals surface area (Å²) in [7, 11) is 0. The number of rotatable bonds is 8. The molecule has 0 fully saturated rings. The zero-order valence-electron chi connectivity index (χ0n) is 19.2. The van der Waals surface area contributed by atoms with Crippen molar-refractivity contribution in [2.45, 2.75) is 40.0 Å². The molecule has 172 valence electrons. The minimum atomic E-state index is -0.737. The molecule has 0 radical (unpaired) electrons. The van der Waals surface area contributed by atoms with Gasteiger partial charge >= 0.3 is 5.91 Å². The third kappa shape index (κ3) is 4.46. The Morgan fingerprint density at radius 3 is 2.47 bits per heavy atom. The van der Waals surface area contributed by atoms with Gasteiger partial charge < -0.3 is 11.1 Å². The van der Waals surface area contributed by atoms with Crippen LogP contribution in [0.5, 0.6) is 0 Å². The maximum absolute atomic E-state index is 13.1. The van der Waals surface area contributed by atoms with Crippen LogP contribution in [0.25, 0.3) is 0 Å². The highest BCUT2D eigenvalue weighted by atomic mass is 16.2. The van der Waals surface area contributed by atoms with Crippen LogP contribution in [0.3, 0.4) is 0 Å². The van der Waals surface area contributed by atoms with Crippen LogP contribution >= 0.6 is 0 Å². The summed E-state index contributed by atoms with van der Waals surface area (Å²) in [6.45, 7) is 11.8. The van der Waals surface area contributed by atoms with Gasteiger partial charge in [-0.1, -0.05) is 30.1 Å². The average Bonchev–Trinajstić information content (AvgIpc) is 2.98. The predicted molar refractivity (Wildman–Crippen MR) is 123 cm³/mol. The molecule has 1 atom stereocenters. The number of nitrogens with one attached hydrogen (secondary N) is 2. The summed E-state index contributed by atoms with van der Waals surface area (Å²) in [6, 6.07) is 5.35. The van der Waals surface area contributed by atoms with Gasteiger partial charge in [-0.3, -0.25) is 24.2 Å². The Bertz CT molecular complexity index is 1000. The number of quaternary nitrogens is 1. The molecule has 4 amide bonds. The highest BCUT2D eigenvalue weighted by Gasteiger charge is 2.46. The van der Waals surface area contributed by atoms with E-state index in [4.69, 9.17) is 5.73 Å². The quantitative estimate of drug-likeness (QED) is 0.313. The molecule has 0 bridgehead atoms. The first-order valence-electron chi connectivity index (χ1n) is 10.3. The SMILES string of the molecule is C=CC(=O)N(C(=O)CNC(=O)CN)[N+](CC)(NC(C)=O)c1ccc2c(c1)C(C)(C)C(C)=N2. The lowest BCUT2D eigenvalue weighted by atomic mass is 9.82. The van der Waals surface area contributed by atoms with Gasteiger partial charge in [0, 0.05) is 36.3 Å². The van der Waals surface area contributed by atoms with E-state index in [-0.39, 0.29) is 18.5 Å². The Morgan fingerprint density at radius 1 is 1.28 bits per heavy atom. The number of carbonyl (C=O) groups is 4. The summed E-state index contributed by atoms with van der Waals surface area (Å²) in [4.78, 5) is 54.5. The predicted octanol–water partition coefficient (Wildman–Crippen LogP) is 0.980. The first kappa shape index (κ1) is 24.9. The minimum absolute atomic E-state index is 0.120. The molecule has 10 heteroatoms. The molecule has 0 aromatic heterocycles. The number of nitrogens with two attached hydrogens (primary N) is 1. The van der Waals surface area contributed by atoms with Crippen molar-refractivity contribution in [3.05, 3.63) is 36.4 Å². The van der Waals surface area contributed by atoms with Gasteiger partial charge in [0.2, 0.25) is 5.91 Å². The van der Waals surface area contributed by atoms with Gasteiger partial charge in [0.1, 0.15) is 13.1 Å². The van der Waals surface area contributed by atoms with Crippen molar-refractivity contribution >= 4 is 40.7 Å². The van der Waals surface area contributed by atoms with Crippen molar-refractivity contribution < 1.29 is 19.2 Å².